The van der Waals surface area contributed by atoms with Crippen molar-refractivity contribution in [1.29, 1.82) is 0 Å². The topological polar surface area (TPSA) is 71.8 Å². The van der Waals surface area contributed by atoms with Gasteiger partial charge in [-0.3, -0.25) is 4.79 Å². The van der Waals surface area contributed by atoms with Crippen molar-refractivity contribution in [2.24, 2.45) is 0 Å². The summed E-state index contributed by atoms with van der Waals surface area (Å²) in [6.07, 6.45) is 1.66. The normalized spacial score (nSPS) is 10.7. The molecule has 21 heavy (non-hydrogen) atoms. The van der Waals surface area contributed by atoms with E-state index in [1.165, 1.54) is 0 Å². The largest absolute Gasteiger partial charge is 0.382 e. The molecule has 6 heteroatoms. The van der Waals surface area contributed by atoms with E-state index in [2.05, 4.69) is 20.8 Å². The zero-order chi connectivity index (χ0) is 15.2. The summed E-state index contributed by atoms with van der Waals surface area (Å²) in [7, 11) is 0. The van der Waals surface area contributed by atoms with Gasteiger partial charge in [0.25, 0.3) is 5.91 Å². The minimum absolute atomic E-state index is 0.121. The molecule has 1 aromatic carbocycles. The monoisotopic (exact) mass is 287 g/mol. The number of aromatic nitrogens is 3. The number of benzene rings is 1. The van der Waals surface area contributed by atoms with Gasteiger partial charge in [-0.2, -0.15) is 0 Å². The molecular formula is C15H21N5O. The third-order valence-corrected chi connectivity index (χ3v) is 3.06. The van der Waals surface area contributed by atoms with Crippen LogP contribution in [-0.4, -0.2) is 26.7 Å². The quantitative estimate of drug-likeness (QED) is 0.853. The lowest BCUT2D eigenvalue weighted by molar-refractivity contribution is 0.0950. The van der Waals surface area contributed by atoms with Gasteiger partial charge in [0.05, 0.1) is 12.1 Å². The number of carbonyl (C=O) groups is 1. The SMILES string of the molecule is CCn1cnnc1CNC(=O)c1ccccc1NC(C)C. The molecule has 2 N–H and O–H groups in total. The second kappa shape index (κ2) is 6.88. The van der Waals surface area contributed by atoms with E-state index in [-0.39, 0.29) is 11.9 Å². The van der Waals surface area contributed by atoms with E-state index in [1.807, 2.05) is 49.6 Å². The predicted molar refractivity (Wildman–Crippen MR) is 82.1 cm³/mol. The highest BCUT2D eigenvalue weighted by molar-refractivity contribution is 5.99. The van der Waals surface area contributed by atoms with Crippen LogP contribution in [0.25, 0.3) is 0 Å². The van der Waals surface area contributed by atoms with Crippen LogP contribution in [0.2, 0.25) is 0 Å². The molecule has 0 aliphatic rings. The van der Waals surface area contributed by atoms with Crippen LogP contribution >= 0.6 is 0 Å². The summed E-state index contributed by atoms with van der Waals surface area (Å²) >= 11 is 0. The van der Waals surface area contributed by atoms with Crippen molar-refractivity contribution < 1.29 is 4.79 Å². The van der Waals surface area contributed by atoms with E-state index in [1.54, 1.807) is 6.33 Å². The van der Waals surface area contributed by atoms with Gasteiger partial charge in [-0.1, -0.05) is 12.1 Å². The molecule has 0 aliphatic heterocycles. The molecule has 0 unspecified atom stereocenters. The molecule has 0 aliphatic carbocycles. The van der Waals surface area contributed by atoms with Crippen LogP contribution < -0.4 is 10.6 Å². The van der Waals surface area contributed by atoms with Crippen LogP contribution in [0.5, 0.6) is 0 Å². The van der Waals surface area contributed by atoms with Gasteiger partial charge in [0.1, 0.15) is 6.33 Å². The Kier molecular flexibility index (Phi) is 4.92. The van der Waals surface area contributed by atoms with Crippen molar-refractivity contribution in [3.63, 3.8) is 0 Å². The lowest BCUT2D eigenvalue weighted by Crippen LogP contribution is -2.26. The smallest absolute Gasteiger partial charge is 0.253 e. The Morgan fingerprint density at radius 2 is 2.10 bits per heavy atom. The van der Waals surface area contributed by atoms with E-state index in [4.69, 9.17) is 0 Å². The number of aryl methyl sites for hydroxylation is 1. The Morgan fingerprint density at radius 1 is 1.33 bits per heavy atom. The van der Waals surface area contributed by atoms with Gasteiger partial charge in [-0.15, -0.1) is 10.2 Å². The first kappa shape index (κ1) is 15.0. The molecule has 1 aromatic heterocycles. The molecule has 0 spiro atoms. The number of hydrogen-bond donors (Lipinski definition) is 2. The number of amides is 1. The van der Waals surface area contributed by atoms with Crippen molar-refractivity contribution in [2.75, 3.05) is 5.32 Å². The Bertz CT molecular complexity index is 606. The maximum Gasteiger partial charge on any atom is 0.253 e. The predicted octanol–water partition coefficient (Wildman–Crippen LogP) is 2.05. The number of rotatable bonds is 6. The zero-order valence-corrected chi connectivity index (χ0v) is 12.6. The van der Waals surface area contributed by atoms with Gasteiger partial charge in [-0.25, -0.2) is 0 Å². The average molecular weight is 287 g/mol. The Labute approximate surface area is 124 Å². The van der Waals surface area contributed by atoms with E-state index in [0.717, 1.165) is 18.1 Å². The van der Waals surface area contributed by atoms with Crippen LogP contribution in [-0.2, 0) is 13.1 Å². The lowest BCUT2D eigenvalue weighted by atomic mass is 10.1. The van der Waals surface area contributed by atoms with E-state index in [9.17, 15) is 4.79 Å². The van der Waals surface area contributed by atoms with Gasteiger partial charge >= 0.3 is 0 Å². The van der Waals surface area contributed by atoms with Crippen LogP contribution in [0.4, 0.5) is 5.69 Å². The fourth-order valence-electron chi connectivity index (χ4n) is 2.05. The van der Waals surface area contributed by atoms with Gasteiger partial charge in [0.2, 0.25) is 0 Å². The molecule has 0 fully saturated rings. The van der Waals surface area contributed by atoms with Gasteiger partial charge in [0, 0.05) is 18.3 Å². The first-order valence-electron chi connectivity index (χ1n) is 7.12. The highest BCUT2D eigenvalue weighted by Crippen LogP contribution is 2.16. The Hall–Kier alpha value is -2.37. The molecule has 1 heterocycles. The highest BCUT2D eigenvalue weighted by atomic mass is 16.1. The number of para-hydroxylation sites is 1. The van der Waals surface area contributed by atoms with Gasteiger partial charge in [-0.05, 0) is 32.9 Å². The number of hydrogen-bond acceptors (Lipinski definition) is 4. The lowest BCUT2D eigenvalue weighted by Gasteiger charge is -2.14. The first-order chi connectivity index (χ1) is 10.1. The molecule has 0 saturated carbocycles. The van der Waals surface area contributed by atoms with Gasteiger partial charge < -0.3 is 15.2 Å². The van der Waals surface area contributed by atoms with Crippen molar-refractivity contribution >= 4 is 11.6 Å². The summed E-state index contributed by atoms with van der Waals surface area (Å²) in [4.78, 5) is 12.3. The summed E-state index contributed by atoms with van der Waals surface area (Å²) in [5, 5.41) is 14.0. The summed E-state index contributed by atoms with van der Waals surface area (Å²) < 4.78 is 1.90. The third-order valence-electron chi connectivity index (χ3n) is 3.06. The van der Waals surface area contributed by atoms with E-state index < -0.39 is 0 Å². The van der Waals surface area contributed by atoms with Crippen molar-refractivity contribution in [3.8, 4) is 0 Å². The number of anilines is 1. The minimum Gasteiger partial charge on any atom is -0.382 e. The van der Waals surface area contributed by atoms with E-state index in [0.29, 0.717) is 12.1 Å². The molecule has 112 valence electrons. The Morgan fingerprint density at radius 3 is 2.81 bits per heavy atom. The average Bonchev–Trinajstić information content (AvgIpc) is 2.92. The van der Waals surface area contributed by atoms with Crippen LogP contribution in [0.15, 0.2) is 30.6 Å². The minimum atomic E-state index is -0.121. The first-order valence-corrected chi connectivity index (χ1v) is 7.12. The molecule has 2 rings (SSSR count). The van der Waals surface area contributed by atoms with Crippen LogP contribution in [0.1, 0.15) is 37.0 Å². The molecule has 2 aromatic rings. The molecular weight excluding hydrogens is 266 g/mol. The molecule has 1 amide bonds. The summed E-state index contributed by atoms with van der Waals surface area (Å²) in [5.41, 5.74) is 1.47. The Balaban J connectivity index is 2.07. The van der Waals surface area contributed by atoms with Crippen molar-refractivity contribution in [1.82, 2.24) is 20.1 Å². The number of nitrogens with zero attached hydrogens (tertiary/aromatic N) is 3. The third kappa shape index (κ3) is 3.81. The molecule has 0 atom stereocenters. The van der Waals surface area contributed by atoms with Crippen molar-refractivity contribution in [2.45, 2.75) is 39.9 Å². The number of carbonyl (C=O) groups excluding carboxylic acids is 1. The summed E-state index contributed by atoms with van der Waals surface area (Å²) in [5.74, 6) is 0.629. The fourth-order valence-corrected chi connectivity index (χ4v) is 2.05. The zero-order valence-electron chi connectivity index (χ0n) is 12.6. The second-order valence-electron chi connectivity index (χ2n) is 5.06. The van der Waals surface area contributed by atoms with Crippen LogP contribution in [0, 0.1) is 0 Å². The number of nitrogens with one attached hydrogen (secondary N) is 2. The summed E-state index contributed by atoms with van der Waals surface area (Å²) in [6.45, 7) is 7.24. The maximum atomic E-state index is 12.3. The fraction of sp³-hybridized carbons (Fsp3) is 0.400. The van der Waals surface area contributed by atoms with Crippen molar-refractivity contribution in [3.05, 3.63) is 42.0 Å². The second-order valence-corrected chi connectivity index (χ2v) is 5.06. The maximum absolute atomic E-state index is 12.3. The highest BCUT2D eigenvalue weighted by Gasteiger charge is 2.12. The van der Waals surface area contributed by atoms with Gasteiger partial charge in [0.15, 0.2) is 5.82 Å². The standard InChI is InChI=1S/C15H21N5O/c1-4-20-10-17-19-14(20)9-16-15(21)12-7-5-6-8-13(12)18-11(2)3/h5-8,10-11,18H,4,9H2,1-3H3,(H,16,21). The molecule has 0 saturated heterocycles. The summed E-state index contributed by atoms with van der Waals surface area (Å²) in [6, 6.07) is 7.75. The molecule has 6 nitrogen and oxygen atoms in total. The molecule has 0 radical (unpaired) electrons. The van der Waals surface area contributed by atoms with Crippen LogP contribution in [0.3, 0.4) is 0 Å². The molecule has 0 bridgehead atoms. The van der Waals surface area contributed by atoms with E-state index >= 15 is 0 Å².